The van der Waals surface area contributed by atoms with Gasteiger partial charge in [-0.3, -0.25) is 9.59 Å². The van der Waals surface area contributed by atoms with E-state index in [9.17, 15) is 9.59 Å². The standard InChI is InChI=1S/C22H20N2O2S/c1-15-8-3-5-11-18(15)21(25)24-20(14-17-10-7-13-27-17)22(26)23-19-12-6-4-9-16(19)2/h3-14H,1-2H3,(H,23,26)(H,24,25)/b20-14-. The fourth-order valence-corrected chi connectivity index (χ4v) is 3.25. The van der Waals surface area contributed by atoms with Crippen LogP contribution < -0.4 is 10.6 Å². The Bertz CT molecular complexity index is 991. The molecule has 5 heteroatoms. The molecule has 2 N–H and O–H groups in total. The second-order valence-corrected chi connectivity index (χ2v) is 7.09. The van der Waals surface area contributed by atoms with E-state index < -0.39 is 0 Å². The number of thiophene rings is 1. The van der Waals surface area contributed by atoms with E-state index in [1.807, 2.05) is 67.8 Å². The zero-order valence-electron chi connectivity index (χ0n) is 15.2. The van der Waals surface area contributed by atoms with Crippen molar-refractivity contribution < 1.29 is 9.59 Å². The fraction of sp³-hybridized carbons (Fsp3) is 0.0909. The molecular weight excluding hydrogens is 356 g/mol. The van der Waals surface area contributed by atoms with Crippen LogP contribution >= 0.6 is 11.3 Å². The zero-order valence-corrected chi connectivity index (χ0v) is 16.0. The normalized spacial score (nSPS) is 11.1. The van der Waals surface area contributed by atoms with Gasteiger partial charge in [-0.05, 0) is 54.6 Å². The van der Waals surface area contributed by atoms with Crippen LogP contribution in [0.4, 0.5) is 5.69 Å². The Labute approximate surface area is 162 Å². The summed E-state index contributed by atoms with van der Waals surface area (Å²) < 4.78 is 0. The molecule has 4 nitrogen and oxygen atoms in total. The highest BCUT2D eigenvalue weighted by Crippen LogP contribution is 2.17. The molecule has 0 fully saturated rings. The maximum absolute atomic E-state index is 12.9. The molecule has 0 radical (unpaired) electrons. The van der Waals surface area contributed by atoms with E-state index >= 15 is 0 Å². The number of hydrogen-bond acceptors (Lipinski definition) is 3. The molecule has 0 aliphatic carbocycles. The highest BCUT2D eigenvalue weighted by atomic mass is 32.1. The molecule has 1 aromatic heterocycles. The number of carbonyl (C=O) groups excluding carboxylic acids is 2. The van der Waals surface area contributed by atoms with Gasteiger partial charge < -0.3 is 10.6 Å². The minimum Gasteiger partial charge on any atom is -0.320 e. The molecule has 0 unspecified atom stereocenters. The van der Waals surface area contributed by atoms with Gasteiger partial charge in [0, 0.05) is 16.1 Å². The summed E-state index contributed by atoms with van der Waals surface area (Å²) in [5.74, 6) is -0.671. The number of nitrogens with one attached hydrogen (secondary N) is 2. The third-order valence-corrected chi connectivity index (χ3v) is 4.92. The number of carbonyl (C=O) groups is 2. The summed E-state index contributed by atoms with van der Waals surface area (Å²) in [5.41, 5.74) is 3.26. The minimum atomic E-state index is -0.361. The smallest absolute Gasteiger partial charge is 0.272 e. The van der Waals surface area contributed by atoms with Crippen LogP contribution in [-0.4, -0.2) is 11.8 Å². The second-order valence-electron chi connectivity index (χ2n) is 6.11. The molecule has 1 heterocycles. The van der Waals surface area contributed by atoms with Crippen LogP contribution in [0.3, 0.4) is 0 Å². The molecule has 27 heavy (non-hydrogen) atoms. The molecule has 2 aromatic carbocycles. The Balaban J connectivity index is 1.88. The van der Waals surface area contributed by atoms with Crippen molar-refractivity contribution in [3.05, 3.63) is 93.3 Å². The minimum absolute atomic E-state index is 0.203. The van der Waals surface area contributed by atoms with Crippen LogP contribution in [0.5, 0.6) is 0 Å². The summed E-state index contributed by atoms with van der Waals surface area (Å²) >= 11 is 1.50. The summed E-state index contributed by atoms with van der Waals surface area (Å²) in [6.45, 7) is 3.79. The molecule has 3 aromatic rings. The van der Waals surface area contributed by atoms with Crippen molar-refractivity contribution in [1.29, 1.82) is 0 Å². The lowest BCUT2D eigenvalue weighted by Gasteiger charge is -2.13. The molecule has 136 valence electrons. The van der Waals surface area contributed by atoms with E-state index in [4.69, 9.17) is 0 Å². The van der Waals surface area contributed by atoms with Gasteiger partial charge in [0.15, 0.2) is 0 Å². The fourth-order valence-electron chi connectivity index (χ4n) is 2.59. The van der Waals surface area contributed by atoms with Crippen molar-refractivity contribution in [2.45, 2.75) is 13.8 Å². The number of para-hydroxylation sites is 1. The third kappa shape index (κ3) is 4.71. The van der Waals surface area contributed by atoms with Crippen LogP contribution in [0.1, 0.15) is 26.4 Å². The average Bonchev–Trinajstić information content (AvgIpc) is 3.16. The lowest BCUT2D eigenvalue weighted by atomic mass is 10.1. The SMILES string of the molecule is Cc1ccccc1NC(=O)/C(=C/c1cccs1)NC(=O)c1ccccc1C. The van der Waals surface area contributed by atoms with Gasteiger partial charge in [-0.25, -0.2) is 0 Å². The lowest BCUT2D eigenvalue weighted by molar-refractivity contribution is -0.113. The van der Waals surface area contributed by atoms with Crippen LogP contribution in [0.15, 0.2) is 71.7 Å². The van der Waals surface area contributed by atoms with Gasteiger partial charge in [0.25, 0.3) is 11.8 Å². The predicted octanol–water partition coefficient (Wildman–Crippen LogP) is 4.77. The monoisotopic (exact) mass is 376 g/mol. The van der Waals surface area contributed by atoms with E-state index in [0.29, 0.717) is 11.3 Å². The van der Waals surface area contributed by atoms with E-state index in [1.54, 1.807) is 18.2 Å². The maximum Gasteiger partial charge on any atom is 0.272 e. The maximum atomic E-state index is 12.9. The summed E-state index contributed by atoms with van der Waals surface area (Å²) in [4.78, 5) is 26.4. The first-order valence-corrected chi connectivity index (χ1v) is 9.42. The van der Waals surface area contributed by atoms with E-state index in [1.165, 1.54) is 11.3 Å². The Kier molecular flexibility index (Phi) is 5.84. The van der Waals surface area contributed by atoms with Crippen molar-refractivity contribution in [2.75, 3.05) is 5.32 Å². The van der Waals surface area contributed by atoms with Crippen molar-refractivity contribution >= 4 is 34.9 Å². The number of anilines is 1. The lowest BCUT2D eigenvalue weighted by Crippen LogP contribution is -2.31. The van der Waals surface area contributed by atoms with Crippen molar-refractivity contribution in [2.24, 2.45) is 0 Å². The number of rotatable bonds is 5. The van der Waals surface area contributed by atoms with Gasteiger partial charge in [-0.1, -0.05) is 42.5 Å². The number of hydrogen-bond donors (Lipinski definition) is 2. The molecule has 2 amide bonds. The number of aryl methyl sites for hydroxylation is 2. The first-order valence-electron chi connectivity index (χ1n) is 8.54. The van der Waals surface area contributed by atoms with Gasteiger partial charge in [-0.15, -0.1) is 11.3 Å². The predicted molar refractivity (Wildman–Crippen MR) is 111 cm³/mol. The molecule has 0 spiro atoms. The van der Waals surface area contributed by atoms with Crippen molar-refractivity contribution in [3.8, 4) is 0 Å². The Morgan fingerprint density at radius 2 is 1.59 bits per heavy atom. The van der Waals surface area contributed by atoms with Gasteiger partial charge in [0.2, 0.25) is 0 Å². The molecule has 0 atom stereocenters. The van der Waals surface area contributed by atoms with Crippen molar-refractivity contribution in [3.63, 3.8) is 0 Å². The molecule has 3 rings (SSSR count). The Morgan fingerprint density at radius 3 is 2.26 bits per heavy atom. The zero-order chi connectivity index (χ0) is 19.2. The summed E-state index contributed by atoms with van der Waals surface area (Å²) in [6, 6.07) is 18.6. The third-order valence-electron chi connectivity index (χ3n) is 4.11. The molecular formula is C22H20N2O2S. The summed E-state index contributed by atoms with van der Waals surface area (Å²) in [6.07, 6.45) is 1.69. The highest BCUT2D eigenvalue weighted by molar-refractivity contribution is 7.10. The Hall–Kier alpha value is -3.18. The second kappa shape index (κ2) is 8.47. The van der Waals surface area contributed by atoms with E-state index in [0.717, 1.165) is 16.0 Å². The van der Waals surface area contributed by atoms with E-state index in [2.05, 4.69) is 10.6 Å². The van der Waals surface area contributed by atoms with Crippen molar-refractivity contribution in [1.82, 2.24) is 5.32 Å². The van der Waals surface area contributed by atoms with Gasteiger partial charge in [0.05, 0.1) is 0 Å². The topological polar surface area (TPSA) is 58.2 Å². The molecule has 0 saturated heterocycles. The number of benzene rings is 2. The molecule has 0 aliphatic heterocycles. The molecule has 0 saturated carbocycles. The summed E-state index contributed by atoms with van der Waals surface area (Å²) in [7, 11) is 0. The van der Waals surface area contributed by atoms with Crippen LogP contribution in [0, 0.1) is 13.8 Å². The highest BCUT2D eigenvalue weighted by Gasteiger charge is 2.16. The molecule has 0 bridgehead atoms. The average molecular weight is 376 g/mol. The van der Waals surface area contributed by atoms with Crippen LogP contribution in [-0.2, 0) is 4.79 Å². The van der Waals surface area contributed by atoms with Gasteiger partial charge in [-0.2, -0.15) is 0 Å². The van der Waals surface area contributed by atoms with Crippen LogP contribution in [0.25, 0.3) is 6.08 Å². The largest absolute Gasteiger partial charge is 0.320 e. The quantitative estimate of drug-likeness (QED) is 0.630. The first-order chi connectivity index (χ1) is 13.0. The first kappa shape index (κ1) is 18.6. The van der Waals surface area contributed by atoms with E-state index in [-0.39, 0.29) is 17.5 Å². The van der Waals surface area contributed by atoms with Gasteiger partial charge >= 0.3 is 0 Å². The van der Waals surface area contributed by atoms with Crippen LogP contribution in [0.2, 0.25) is 0 Å². The molecule has 0 aliphatic rings. The Morgan fingerprint density at radius 1 is 0.889 bits per heavy atom. The number of amides is 2. The van der Waals surface area contributed by atoms with Gasteiger partial charge in [0.1, 0.15) is 5.70 Å². The summed E-state index contributed by atoms with van der Waals surface area (Å²) in [5, 5.41) is 7.57.